The predicted molar refractivity (Wildman–Crippen MR) is 70.5 cm³/mol. The zero-order valence-corrected chi connectivity index (χ0v) is 11.7. The van der Waals surface area contributed by atoms with Crippen LogP contribution in [0.1, 0.15) is 64.7 Å². The van der Waals surface area contributed by atoms with Crippen LogP contribution in [0.25, 0.3) is 0 Å². The van der Waals surface area contributed by atoms with Gasteiger partial charge in [0, 0.05) is 6.42 Å². The second-order valence-corrected chi connectivity index (χ2v) is 6.08. The number of ether oxygens (including phenoxy) is 2. The van der Waals surface area contributed by atoms with Gasteiger partial charge in [0.25, 0.3) is 6.47 Å². The third kappa shape index (κ3) is 3.48. The molecule has 0 aromatic rings. The number of esters is 1. The van der Waals surface area contributed by atoms with Crippen molar-refractivity contribution in [1.29, 1.82) is 0 Å². The molecule has 0 saturated heterocycles. The molecule has 19 heavy (non-hydrogen) atoms. The number of hydrogen-bond donors (Lipinski definition) is 0. The molecule has 2 saturated carbocycles. The molecule has 0 heterocycles. The van der Waals surface area contributed by atoms with Crippen molar-refractivity contribution in [3.8, 4) is 0 Å². The largest absolute Gasteiger partial charge is 0.459 e. The van der Waals surface area contributed by atoms with Crippen molar-refractivity contribution < 1.29 is 19.1 Å². The maximum atomic E-state index is 12.4. The van der Waals surface area contributed by atoms with Gasteiger partial charge in [-0.3, -0.25) is 4.79 Å². The van der Waals surface area contributed by atoms with Crippen LogP contribution in [0.2, 0.25) is 0 Å². The lowest BCUT2D eigenvalue weighted by molar-refractivity contribution is -0.187. The lowest BCUT2D eigenvalue weighted by atomic mass is 9.78. The first-order valence-corrected chi connectivity index (χ1v) is 7.49. The summed E-state index contributed by atoms with van der Waals surface area (Å²) < 4.78 is 10.8. The van der Waals surface area contributed by atoms with Crippen LogP contribution in [0.15, 0.2) is 0 Å². The number of carbonyl (C=O) groups excluding carboxylic acids is 2. The van der Waals surface area contributed by atoms with E-state index < -0.39 is 5.60 Å². The Labute approximate surface area is 114 Å². The van der Waals surface area contributed by atoms with Gasteiger partial charge in [0.1, 0.15) is 6.10 Å². The minimum atomic E-state index is -1.02. The molecule has 2 fully saturated rings. The first-order valence-electron chi connectivity index (χ1n) is 7.49. The molecule has 0 amide bonds. The fourth-order valence-corrected chi connectivity index (χ4v) is 3.38. The van der Waals surface area contributed by atoms with E-state index in [-0.39, 0.29) is 12.1 Å². The summed E-state index contributed by atoms with van der Waals surface area (Å²) in [6.45, 7) is 2.50. The van der Waals surface area contributed by atoms with E-state index in [0.717, 1.165) is 38.5 Å². The highest BCUT2D eigenvalue weighted by atomic mass is 16.6. The molecule has 108 valence electrons. The van der Waals surface area contributed by atoms with Crippen molar-refractivity contribution >= 4 is 12.4 Å². The third-order valence-corrected chi connectivity index (χ3v) is 4.43. The Balaban J connectivity index is 2.00. The van der Waals surface area contributed by atoms with E-state index in [2.05, 4.69) is 6.92 Å². The molecule has 0 radical (unpaired) electrons. The summed E-state index contributed by atoms with van der Waals surface area (Å²) in [6.07, 6.45) is 8.56. The summed E-state index contributed by atoms with van der Waals surface area (Å²) in [5.74, 6) is 0.0747. The van der Waals surface area contributed by atoms with E-state index in [4.69, 9.17) is 9.47 Å². The first kappa shape index (κ1) is 14.4. The SMILES string of the molecule is CC1CCCC(OC=O)(C(=O)OC2CCCCC2)C1. The molecule has 2 aliphatic rings. The first-order chi connectivity index (χ1) is 9.16. The second-order valence-electron chi connectivity index (χ2n) is 6.08. The van der Waals surface area contributed by atoms with Gasteiger partial charge in [-0.1, -0.05) is 19.8 Å². The molecule has 0 aliphatic heterocycles. The van der Waals surface area contributed by atoms with Crippen LogP contribution in [0.3, 0.4) is 0 Å². The smallest absolute Gasteiger partial charge is 0.350 e. The topological polar surface area (TPSA) is 52.6 Å². The van der Waals surface area contributed by atoms with Crippen molar-refractivity contribution in [1.82, 2.24) is 0 Å². The Morgan fingerprint density at radius 2 is 1.89 bits per heavy atom. The average molecular weight is 268 g/mol. The maximum Gasteiger partial charge on any atom is 0.350 e. The molecular weight excluding hydrogens is 244 g/mol. The predicted octanol–water partition coefficient (Wildman–Crippen LogP) is 2.98. The van der Waals surface area contributed by atoms with Gasteiger partial charge in [0.15, 0.2) is 0 Å². The summed E-state index contributed by atoms with van der Waals surface area (Å²) in [7, 11) is 0. The summed E-state index contributed by atoms with van der Waals surface area (Å²) in [4.78, 5) is 23.2. The summed E-state index contributed by atoms with van der Waals surface area (Å²) in [5, 5.41) is 0. The van der Waals surface area contributed by atoms with Crippen molar-refractivity contribution in [2.24, 2.45) is 5.92 Å². The molecule has 0 bridgehead atoms. The third-order valence-electron chi connectivity index (χ3n) is 4.43. The van der Waals surface area contributed by atoms with Crippen molar-refractivity contribution in [2.45, 2.75) is 76.4 Å². The van der Waals surface area contributed by atoms with E-state index in [1.807, 2.05) is 0 Å². The fraction of sp³-hybridized carbons (Fsp3) is 0.867. The minimum Gasteiger partial charge on any atom is -0.459 e. The van der Waals surface area contributed by atoms with Gasteiger partial charge in [0.2, 0.25) is 5.60 Å². The van der Waals surface area contributed by atoms with Crippen LogP contribution >= 0.6 is 0 Å². The molecule has 2 unspecified atom stereocenters. The van der Waals surface area contributed by atoms with Gasteiger partial charge in [0.05, 0.1) is 0 Å². The van der Waals surface area contributed by atoms with Gasteiger partial charge in [-0.25, -0.2) is 4.79 Å². The highest BCUT2D eigenvalue weighted by molar-refractivity contribution is 5.81. The number of rotatable bonds is 4. The summed E-state index contributed by atoms with van der Waals surface area (Å²) in [6, 6.07) is 0. The molecule has 2 rings (SSSR count). The quantitative estimate of drug-likeness (QED) is 0.581. The zero-order chi connectivity index (χ0) is 13.7. The summed E-state index contributed by atoms with van der Waals surface area (Å²) >= 11 is 0. The zero-order valence-electron chi connectivity index (χ0n) is 11.7. The Morgan fingerprint density at radius 1 is 1.16 bits per heavy atom. The lowest BCUT2D eigenvalue weighted by Crippen LogP contribution is -2.47. The minimum absolute atomic E-state index is 0.0191. The normalized spacial score (nSPS) is 32.6. The van der Waals surface area contributed by atoms with E-state index in [9.17, 15) is 9.59 Å². The van der Waals surface area contributed by atoms with E-state index in [1.165, 1.54) is 6.42 Å². The van der Waals surface area contributed by atoms with Gasteiger partial charge >= 0.3 is 5.97 Å². The standard InChI is InChI=1S/C15H24O4/c1-12-6-5-9-15(10-12,18-11-16)14(17)19-13-7-3-2-4-8-13/h11-13H,2-10H2,1H3. The molecule has 0 N–H and O–H groups in total. The maximum absolute atomic E-state index is 12.4. The van der Waals surface area contributed by atoms with E-state index >= 15 is 0 Å². The molecule has 0 aromatic carbocycles. The Hall–Kier alpha value is -1.06. The van der Waals surface area contributed by atoms with Crippen molar-refractivity contribution in [3.63, 3.8) is 0 Å². The number of hydrogen-bond acceptors (Lipinski definition) is 4. The molecule has 4 nitrogen and oxygen atoms in total. The second kappa shape index (κ2) is 6.40. The Morgan fingerprint density at radius 3 is 2.53 bits per heavy atom. The Kier molecular flexibility index (Phi) is 4.83. The van der Waals surface area contributed by atoms with Gasteiger partial charge in [-0.15, -0.1) is 0 Å². The van der Waals surface area contributed by atoms with Crippen molar-refractivity contribution in [3.05, 3.63) is 0 Å². The van der Waals surface area contributed by atoms with Gasteiger partial charge in [-0.2, -0.15) is 0 Å². The van der Waals surface area contributed by atoms with Crippen LogP contribution < -0.4 is 0 Å². The van der Waals surface area contributed by atoms with E-state index in [0.29, 0.717) is 25.2 Å². The van der Waals surface area contributed by atoms with Crippen LogP contribution in [0.4, 0.5) is 0 Å². The highest BCUT2D eigenvalue weighted by Gasteiger charge is 2.46. The molecule has 2 atom stereocenters. The monoisotopic (exact) mass is 268 g/mol. The van der Waals surface area contributed by atoms with E-state index in [1.54, 1.807) is 0 Å². The lowest BCUT2D eigenvalue weighted by Gasteiger charge is -2.37. The van der Waals surface area contributed by atoms with Gasteiger partial charge < -0.3 is 9.47 Å². The van der Waals surface area contributed by atoms with Gasteiger partial charge in [-0.05, 0) is 44.4 Å². The van der Waals surface area contributed by atoms with Crippen LogP contribution in [0.5, 0.6) is 0 Å². The fourth-order valence-electron chi connectivity index (χ4n) is 3.38. The van der Waals surface area contributed by atoms with Crippen molar-refractivity contribution in [2.75, 3.05) is 0 Å². The summed E-state index contributed by atoms with van der Waals surface area (Å²) in [5.41, 5.74) is -1.02. The molecule has 2 aliphatic carbocycles. The highest BCUT2D eigenvalue weighted by Crippen LogP contribution is 2.36. The van der Waals surface area contributed by atoms with Crippen LogP contribution in [-0.4, -0.2) is 24.1 Å². The average Bonchev–Trinajstić information content (AvgIpc) is 2.40. The van der Waals surface area contributed by atoms with Crippen LogP contribution in [0, 0.1) is 5.92 Å². The Bertz CT molecular complexity index is 322. The molecular formula is C15H24O4. The molecule has 4 heteroatoms. The molecule has 0 aromatic heterocycles. The number of carbonyl (C=O) groups is 2. The van der Waals surface area contributed by atoms with Crippen LogP contribution in [-0.2, 0) is 19.1 Å². The molecule has 0 spiro atoms.